The highest BCUT2D eigenvalue weighted by molar-refractivity contribution is 6.30. The van der Waals surface area contributed by atoms with Crippen molar-refractivity contribution in [2.24, 2.45) is 17.3 Å². The van der Waals surface area contributed by atoms with Crippen LogP contribution in [0.4, 0.5) is 19.0 Å². The third-order valence-electron chi connectivity index (χ3n) is 8.67. The number of halogens is 4. The van der Waals surface area contributed by atoms with Crippen LogP contribution in [-0.4, -0.2) is 66.4 Å². The Hall–Kier alpha value is -2.81. The zero-order valence-corrected chi connectivity index (χ0v) is 23.0. The van der Waals surface area contributed by atoms with Crippen LogP contribution in [0.1, 0.15) is 49.7 Å². The van der Waals surface area contributed by atoms with Gasteiger partial charge < -0.3 is 14.7 Å². The Kier molecular flexibility index (Phi) is 7.57. The van der Waals surface area contributed by atoms with Gasteiger partial charge in [-0.3, -0.25) is 9.59 Å². The van der Waals surface area contributed by atoms with E-state index in [4.69, 9.17) is 11.6 Å². The number of amides is 2. The van der Waals surface area contributed by atoms with Crippen molar-refractivity contribution < 1.29 is 22.8 Å². The second kappa shape index (κ2) is 10.6. The number of rotatable bonds is 6. The van der Waals surface area contributed by atoms with Crippen LogP contribution in [0.5, 0.6) is 0 Å². The molecule has 1 aromatic carbocycles. The van der Waals surface area contributed by atoms with Gasteiger partial charge in [0.2, 0.25) is 11.8 Å². The van der Waals surface area contributed by atoms with E-state index in [2.05, 4.69) is 4.98 Å². The summed E-state index contributed by atoms with van der Waals surface area (Å²) < 4.78 is 39.0. The van der Waals surface area contributed by atoms with Gasteiger partial charge in [0.15, 0.2) is 0 Å². The van der Waals surface area contributed by atoms with Gasteiger partial charge >= 0.3 is 6.18 Å². The van der Waals surface area contributed by atoms with Crippen LogP contribution >= 0.6 is 11.6 Å². The van der Waals surface area contributed by atoms with E-state index in [1.54, 1.807) is 0 Å². The Morgan fingerprint density at radius 3 is 2.28 bits per heavy atom. The number of likely N-dealkylation sites (tertiary alicyclic amines) is 2. The summed E-state index contributed by atoms with van der Waals surface area (Å²) >= 11 is 6.12. The number of aromatic nitrogens is 1. The predicted octanol–water partition coefficient (Wildman–Crippen LogP) is 5.47. The Morgan fingerprint density at radius 2 is 1.72 bits per heavy atom. The monoisotopic (exact) mass is 562 g/mol. The molecule has 2 saturated heterocycles. The van der Waals surface area contributed by atoms with Crippen LogP contribution in [-0.2, 0) is 15.8 Å². The van der Waals surface area contributed by atoms with Crippen molar-refractivity contribution in [3.05, 3.63) is 58.7 Å². The van der Waals surface area contributed by atoms with Crippen molar-refractivity contribution in [2.75, 3.05) is 44.7 Å². The first-order chi connectivity index (χ1) is 18.4. The standard InChI is InChI=1S/C29H34ClF3N4O2/c1-28(11-12-28)27(39)36-13-9-20(10-14-36)26(38)37-17-21(24(18-37)19-3-6-23(30)7-4-19)16-35(2)25-8-5-22(15-34-25)29(31,32)33/h3-8,15,20-21,24H,9-14,16-18H2,1-2H3/t21-,24+/m1/s1. The normalized spacial score (nSPS) is 23.1. The molecule has 3 aliphatic rings. The van der Waals surface area contributed by atoms with E-state index in [-0.39, 0.29) is 35.0 Å². The van der Waals surface area contributed by atoms with Crippen molar-refractivity contribution in [3.8, 4) is 0 Å². The minimum atomic E-state index is -4.44. The number of nitrogens with zero attached hydrogens (tertiary/aromatic N) is 4. The topological polar surface area (TPSA) is 56.8 Å². The quantitative estimate of drug-likeness (QED) is 0.468. The highest BCUT2D eigenvalue weighted by Gasteiger charge is 2.48. The summed E-state index contributed by atoms with van der Waals surface area (Å²) in [4.78, 5) is 36.1. The Balaban J connectivity index is 1.27. The molecule has 2 amide bonds. The van der Waals surface area contributed by atoms with Gasteiger partial charge in [0.05, 0.1) is 5.56 Å². The first-order valence-corrected chi connectivity index (χ1v) is 13.9. The maximum absolute atomic E-state index is 13.6. The molecular weight excluding hydrogens is 529 g/mol. The predicted molar refractivity (Wildman–Crippen MR) is 143 cm³/mol. The molecule has 0 N–H and O–H groups in total. The van der Waals surface area contributed by atoms with Crippen molar-refractivity contribution in [1.82, 2.24) is 14.8 Å². The molecule has 39 heavy (non-hydrogen) atoms. The smallest absolute Gasteiger partial charge is 0.359 e. The van der Waals surface area contributed by atoms with Gasteiger partial charge in [0.25, 0.3) is 0 Å². The lowest BCUT2D eigenvalue weighted by atomic mass is 9.88. The first-order valence-electron chi connectivity index (χ1n) is 13.5. The van der Waals surface area contributed by atoms with Crippen LogP contribution in [0.15, 0.2) is 42.6 Å². The van der Waals surface area contributed by atoms with Crippen molar-refractivity contribution >= 4 is 29.2 Å². The van der Waals surface area contributed by atoms with Gasteiger partial charge in [0.1, 0.15) is 5.82 Å². The third kappa shape index (κ3) is 6.03. The first kappa shape index (κ1) is 27.7. The molecule has 0 spiro atoms. The maximum Gasteiger partial charge on any atom is 0.417 e. The van der Waals surface area contributed by atoms with Crippen LogP contribution in [0.3, 0.4) is 0 Å². The zero-order chi connectivity index (χ0) is 27.9. The molecule has 1 saturated carbocycles. The van der Waals surface area contributed by atoms with Crippen molar-refractivity contribution in [2.45, 2.75) is 44.7 Å². The van der Waals surface area contributed by atoms with Crippen LogP contribution < -0.4 is 4.90 Å². The van der Waals surface area contributed by atoms with Crippen molar-refractivity contribution in [3.63, 3.8) is 0 Å². The number of carbonyl (C=O) groups excluding carboxylic acids is 2. The average Bonchev–Trinajstić information content (AvgIpc) is 3.54. The second-order valence-electron chi connectivity index (χ2n) is 11.6. The Morgan fingerprint density at radius 1 is 1.05 bits per heavy atom. The van der Waals surface area contributed by atoms with Crippen LogP contribution in [0.2, 0.25) is 5.02 Å². The van der Waals surface area contributed by atoms with E-state index in [9.17, 15) is 22.8 Å². The summed E-state index contributed by atoms with van der Waals surface area (Å²) in [6, 6.07) is 10.1. The molecule has 2 aliphatic heterocycles. The number of pyridine rings is 1. The SMILES string of the molecule is CN(C[C@@H]1CN(C(=O)C2CCN(C(=O)C3(C)CC3)CC2)C[C@H]1c1ccc(Cl)cc1)c1ccc(C(F)(F)F)cn1. The molecule has 2 aromatic rings. The van der Waals surface area contributed by atoms with Crippen molar-refractivity contribution in [1.29, 1.82) is 0 Å². The summed E-state index contributed by atoms with van der Waals surface area (Å²) in [5, 5.41) is 0.633. The molecule has 3 fully saturated rings. The number of benzene rings is 1. The number of alkyl halides is 3. The number of hydrogen-bond donors (Lipinski definition) is 0. The van der Waals surface area contributed by atoms with E-state index in [1.165, 1.54) is 6.07 Å². The lowest BCUT2D eigenvalue weighted by Crippen LogP contribution is -2.46. The fourth-order valence-electron chi connectivity index (χ4n) is 5.92. The molecule has 1 aliphatic carbocycles. The minimum Gasteiger partial charge on any atom is -0.359 e. The molecule has 5 rings (SSSR count). The molecule has 0 bridgehead atoms. The van der Waals surface area contributed by atoms with Gasteiger partial charge in [-0.25, -0.2) is 4.98 Å². The fourth-order valence-corrected chi connectivity index (χ4v) is 6.05. The summed E-state index contributed by atoms with van der Waals surface area (Å²) in [5.74, 6) is 0.790. The molecule has 3 heterocycles. The molecule has 10 heteroatoms. The lowest BCUT2D eigenvalue weighted by Gasteiger charge is -2.34. The number of anilines is 1. The molecular formula is C29H34ClF3N4O2. The van der Waals surface area contributed by atoms with Gasteiger partial charge in [-0.2, -0.15) is 13.2 Å². The summed E-state index contributed by atoms with van der Waals surface area (Å²) in [6.45, 7) is 4.90. The second-order valence-corrected chi connectivity index (χ2v) is 12.0. The molecule has 0 radical (unpaired) electrons. The maximum atomic E-state index is 13.6. The Bertz CT molecular complexity index is 1190. The third-order valence-corrected chi connectivity index (χ3v) is 8.93. The Labute approximate surface area is 232 Å². The van der Waals surface area contributed by atoms with Crippen LogP contribution in [0.25, 0.3) is 0 Å². The summed E-state index contributed by atoms with van der Waals surface area (Å²) in [6.07, 6.45) is -0.348. The summed E-state index contributed by atoms with van der Waals surface area (Å²) in [7, 11) is 1.81. The fraction of sp³-hybridized carbons (Fsp3) is 0.552. The molecule has 1 aromatic heterocycles. The van der Waals surface area contributed by atoms with Gasteiger partial charge in [0, 0.05) is 74.2 Å². The highest BCUT2D eigenvalue weighted by atomic mass is 35.5. The highest BCUT2D eigenvalue weighted by Crippen LogP contribution is 2.47. The van der Waals surface area contributed by atoms with Gasteiger partial charge in [-0.15, -0.1) is 0 Å². The van der Waals surface area contributed by atoms with Crippen LogP contribution in [0, 0.1) is 17.3 Å². The molecule has 210 valence electrons. The molecule has 0 unspecified atom stereocenters. The summed E-state index contributed by atoms with van der Waals surface area (Å²) in [5.41, 5.74) is 0.0977. The van der Waals surface area contributed by atoms with E-state index in [1.807, 2.05) is 52.9 Å². The lowest BCUT2D eigenvalue weighted by molar-refractivity contribution is -0.142. The van der Waals surface area contributed by atoms with E-state index >= 15 is 0 Å². The minimum absolute atomic E-state index is 0.0552. The number of piperidine rings is 1. The number of carbonyl (C=O) groups is 2. The number of hydrogen-bond acceptors (Lipinski definition) is 4. The zero-order valence-electron chi connectivity index (χ0n) is 22.3. The van der Waals surface area contributed by atoms with E-state index in [0.29, 0.717) is 56.4 Å². The van der Waals surface area contributed by atoms with E-state index in [0.717, 1.165) is 30.7 Å². The van der Waals surface area contributed by atoms with Gasteiger partial charge in [-0.1, -0.05) is 30.7 Å². The van der Waals surface area contributed by atoms with E-state index < -0.39 is 11.7 Å². The molecule has 6 nitrogen and oxygen atoms in total. The largest absolute Gasteiger partial charge is 0.417 e. The average molecular weight is 563 g/mol. The molecule has 2 atom stereocenters. The van der Waals surface area contributed by atoms with Gasteiger partial charge in [-0.05, 0) is 55.5 Å².